The number of rotatable bonds is 2. The predicted molar refractivity (Wildman–Crippen MR) is 64.7 cm³/mol. The van der Waals surface area contributed by atoms with Gasteiger partial charge in [-0.15, -0.1) is 0 Å². The molecule has 98 valence electrons. The summed E-state index contributed by atoms with van der Waals surface area (Å²) in [5.74, 6) is -0.853. The van der Waals surface area contributed by atoms with Crippen molar-refractivity contribution in [2.75, 3.05) is 13.2 Å². The second kappa shape index (κ2) is 5.44. The minimum absolute atomic E-state index is 0.0124. The van der Waals surface area contributed by atoms with Crippen LogP contribution in [-0.2, 0) is 4.74 Å². The van der Waals surface area contributed by atoms with Gasteiger partial charge in [-0.05, 0) is 19.4 Å². The van der Waals surface area contributed by atoms with Crippen LogP contribution in [-0.4, -0.2) is 41.1 Å². The Hall–Kier alpha value is -1.49. The molecular weight excluding hydrogens is 235 g/mol. The molecule has 0 aliphatic carbocycles. The van der Waals surface area contributed by atoms with Crippen molar-refractivity contribution in [1.82, 2.24) is 9.88 Å². The Balaban J connectivity index is 2.23. The van der Waals surface area contributed by atoms with E-state index in [1.165, 1.54) is 12.3 Å². The molecule has 1 aliphatic heterocycles. The molecule has 0 radical (unpaired) electrons. The van der Waals surface area contributed by atoms with Crippen LogP contribution in [0.2, 0.25) is 0 Å². The Bertz CT molecular complexity index is 439. The van der Waals surface area contributed by atoms with Crippen LogP contribution in [0.1, 0.15) is 30.6 Å². The molecule has 1 aromatic rings. The fourth-order valence-electron chi connectivity index (χ4n) is 2.13. The third-order valence-corrected chi connectivity index (χ3v) is 3.20. The van der Waals surface area contributed by atoms with Gasteiger partial charge in [0.1, 0.15) is 0 Å². The number of hydrogen-bond donors (Lipinski definition) is 0. The number of halogens is 1. The van der Waals surface area contributed by atoms with E-state index in [2.05, 4.69) is 4.98 Å². The van der Waals surface area contributed by atoms with Crippen LogP contribution in [0.15, 0.2) is 18.5 Å². The van der Waals surface area contributed by atoms with E-state index in [4.69, 9.17) is 4.74 Å². The number of aromatic nitrogens is 1. The van der Waals surface area contributed by atoms with E-state index in [1.54, 1.807) is 4.90 Å². The van der Waals surface area contributed by atoms with E-state index in [9.17, 15) is 9.18 Å². The number of morpholine rings is 1. The van der Waals surface area contributed by atoms with Gasteiger partial charge in [-0.25, -0.2) is 4.39 Å². The predicted octanol–water partition coefficient (Wildman–Crippen LogP) is 1.86. The molecule has 1 aromatic heterocycles. The first-order valence-electron chi connectivity index (χ1n) is 6.15. The van der Waals surface area contributed by atoms with Crippen LogP contribution in [0.5, 0.6) is 0 Å². The highest BCUT2D eigenvalue weighted by molar-refractivity contribution is 5.94. The molecule has 5 heteroatoms. The highest BCUT2D eigenvalue weighted by Gasteiger charge is 2.31. The molecule has 1 aliphatic rings. The summed E-state index contributed by atoms with van der Waals surface area (Å²) in [4.78, 5) is 17.7. The first-order chi connectivity index (χ1) is 8.63. The van der Waals surface area contributed by atoms with Gasteiger partial charge in [-0.2, -0.15) is 0 Å². The molecule has 18 heavy (non-hydrogen) atoms. The van der Waals surface area contributed by atoms with Gasteiger partial charge in [0.05, 0.1) is 30.5 Å². The minimum atomic E-state index is -0.573. The zero-order valence-electron chi connectivity index (χ0n) is 10.6. The highest BCUT2D eigenvalue weighted by atomic mass is 19.1. The maximum absolute atomic E-state index is 13.6. The smallest absolute Gasteiger partial charge is 0.257 e. The number of amides is 1. The SMILES string of the molecule is CCC1COC(C)CN1C(=O)c1ccncc1F. The van der Waals surface area contributed by atoms with E-state index in [0.29, 0.717) is 13.2 Å². The first-order valence-corrected chi connectivity index (χ1v) is 6.15. The maximum Gasteiger partial charge on any atom is 0.257 e. The Labute approximate surface area is 106 Å². The number of carbonyl (C=O) groups excluding carboxylic acids is 1. The van der Waals surface area contributed by atoms with Crippen LogP contribution in [0, 0.1) is 5.82 Å². The molecule has 2 unspecified atom stereocenters. The van der Waals surface area contributed by atoms with E-state index >= 15 is 0 Å². The molecule has 2 heterocycles. The number of hydrogen-bond acceptors (Lipinski definition) is 3. The molecule has 0 spiro atoms. The second-order valence-corrected chi connectivity index (χ2v) is 4.52. The molecule has 0 bridgehead atoms. The molecular formula is C13H17FN2O2. The molecule has 4 nitrogen and oxygen atoms in total. The van der Waals surface area contributed by atoms with E-state index in [0.717, 1.165) is 12.6 Å². The van der Waals surface area contributed by atoms with Crippen molar-refractivity contribution in [1.29, 1.82) is 0 Å². The van der Waals surface area contributed by atoms with Gasteiger partial charge in [0, 0.05) is 12.7 Å². The van der Waals surface area contributed by atoms with E-state index in [1.807, 2.05) is 13.8 Å². The fourth-order valence-corrected chi connectivity index (χ4v) is 2.13. The fraction of sp³-hybridized carbons (Fsp3) is 0.538. The molecule has 2 rings (SSSR count). The van der Waals surface area contributed by atoms with E-state index < -0.39 is 5.82 Å². The van der Waals surface area contributed by atoms with Gasteiger partial charge in [-0.3, -0.25) is 9.78 Å². The minimum Gasteiger partial charge on any atom is -0.375 e. The monoisotopic (exact) mass is 252 g/mol. The summed E-state index contributed by atoms with van der Waals surface area (Å²) >= 11 is 0. The molecule has 2 atom stereocenters. The number of nitrogens with zero attached hydrogens (tertiary/aromatic N) is 2. The molecule has 1 fully saturated rings. The molecule has 0 aromatic carbocycles. The van der Waals surface area contributed by atoms with Gasteiger partial charge < -0.3 is 9.64 Å². The lowest BCUT2D eigenvalue weighted by Gasteiger charge is -2.38. The topological polar surface area (TPSA) is 42.4 Å². The summed E-state index contributed by atoms with van der Waals surface area (Å²) in [7, 11) is 0. The zero-order chi connectivity index (χ0) is 13.1. The summed E-state index contributed by atoms with van der Waals surface area (Å²) < 4.78 is 19.1. The van der Waals surface area contributed by atoms with Gasteiger partial charge in [0.2, 0.25) is 0 Å². The lowest BCUT2D eigenvalue weighted by molar-refractivity contribution is -0.0445. The zero-order valence-corrected chi connectivity index (χ0v) is 10.6. The standard InChI is InChI=1S/C13H17FN2O2/c1-3-10-8-18-9(2)7-16(10)13(17)11-4-5-15-6-12(11)14/h4-6,9-10H,3,7-8H2,1-2H3. The Morgan fingerprint density at radius 3 is 3.11 bits per heavy atom. The summed E-state index contributed by atoms with van der Waals surface area (Å²) in [6, 6.07) is 1.44. The summed E-state index contributed by atoms with van der Waals surface area (Å²) in [6.45, 7) is 4.91. The van der Waals surface area contributed by atoms with Gasteiger partial charge in [-0.1, -0.05) is 6.92 Å². The molecule has 1 amide bonds. The van der Waals surface area contributed by atoms with Gasteiger partial charge in [0.15, 0.2) is 5.82 Å². The van der Waals surface area contributed by atoms with E-state index in [-0.39, 0.29) is 23.6 Å². The third-order valence-electron chi connectivity index (χ3n) is 3.20. The van der Waals surface area contributed by atoms with Crippen LogP contribution >= 0.6 is 0 Å². The van der Waals surface area contributed by atoms with Crippen LogP contribution in [0.25, 0.3) is 0 Å². The quantitative estimate of drug-likeness (QED) is 0.806. The summed E-state index contributed by atoms with van der Waals surface area (Å²) in [5.41, 5.74) is 0.0811. The number of ether oxygens (including phenoxy) is 1. The normalized spacial score (nSPS) is 24.1. The molecule has 0 saturated carbocycles. The summed E-state index contributed by atoms with van der Waals surface area (Å²) in [5, 5.41) is 0. The maximum atomic E-state index is 13.6. The van der Waals surface area contributed by atoms with Crippen molar-refractivity contribution >= 4 is 5.91 Å². The summed E-state index contributed by atoms with van der Waals surface area (Å²) in [6.07, 6.45) is 3.28. The van der Waals surface area contributed by atoms with Crippen molar-refractivity contribution in [3.05, 3.63) is 29.8 Å². The van der Waals surface area contributed by atoms with Crippen molar-refractivity contribution < 1.29 is 13.9 Å². The second-order valence-electron chi connectivity index (χ2n) is 4.52. The molecule has 1 saturated heterocycles. The van der Waals surface area contributed by atoms with Crippen molar-refractivity contribution in [2.24, 2.45) is 0 Å². The Kier molecular flexibility index (Phi) is 3.91. The lowest BCUT2D eigenvalue weighted by atomic mass is 10.1. The highest BCUT2D eigenvalue weighted by Crippen LogP contribution is 2.18. The van der Waals surface area contributed by atoms with Crippen LogP contribution in [0.3, 0.4) is 0 Å². The Morgan fingerprint density at radius 1 is 1.67 bits per heavy atom. The average Bonchev–Trinajstić information content (AvgIpc) is 2.38. The Morgan fingerprint density at radius 2 is 2.44 bits per heavy atom. The van der Waals surface area contributed by atoms with Gasteiger partial charge in [0.25, 0.3) is 5.91 Å². The van der Waals surface area contributed by atoms with Crippen LogP contribution in [0.4, 0.5) is 4.39 Å². The van der Waals surface area contributed by atoms with Crippen LogP contribution < -0.4 is 0 Å². The average molecular weight is 252 g/mol. The van der Waals surface area contributed by atoms with Crippen molar-refractivity contribution in [3.63, 3.8) is 0 Å². The number of pyridine rings is 1. The largest absolute Gasteiger partial charge is 0.375 e. The van der Waals surface area contributed by atoms with Crippen molar-refractivity contribution in [3.8, 4) is 0 Å². The third kappa shape index (κ3) is 2.51. The number of carbonyl (C=O) groups is 1. The lowest BCUT2D eigenvalue weighted by Crippen LogP contribution is -2.51. The molecule has 0 N–H and O–H groups in total. The van der Waals surface area contributed by atoms with Gasteiger partial charge >= 0.3 is 0 Å². The van der Waals surface area contributed by atoms with Crippen molar-refractivity contribution in [2.45, 2.75) is 32.4 Å². The first kappa shape index (κ1) is 13.0.